The van der Waals surface area contributed by atoms with E-state index >= 15 is 0 Å². The zero-order chi connectivity index (χ0) is 21.0. The maximum absolute atomic E-state index is 13.9. The molecule has 1 aliphatic heterocycles. The van der Waals surface area contributed by atoms with Gasteiger partial charge in [-0.05, 0) is 43.3 Å². The first-order valence-corrected chi connectivity index (χ1v) is 9.13. The number of hydrogen-bond acceptors (Lipinski definition) is 4. The van der Waals surface area contributed by atoms with Gasteiger partial charge in [0.1, 0.15) is 11.6 Å². The maximum atomic E-state index is 13.9. The van der Waals surface area contributed by atoms with Gasteiger partial charge in [0.2, 0.25) is 5.91 Å². The Kier molecular flexibility index (Phi) is 6.26. The number of hydrogen-bond donors (Lipinski definition) is 1. The van der Waals surface area contributed by atoms with Crippen LogP contribution in [-0.4, -0.2) is 49.4 Å². The lowest BCUT2D eigenvalue weighted by Crippen LogP contribution is -2.53. The summed E-state index contributed by atoms with van der Waals surface area (Å²) in [6.07, 6.45) is -4.76. The van der Waals surface area contributed by atoms with Crippen LogP contribution in [0.3, 0.4) is 0 Å². The van der Waals surface area contributed by atoms with Crippen molar-refractivity contribution in [2.45, 2.75) is 19.3 Å². The summed E-state index contributed by atoms with van der Waals surface area (Å²) in [5, 5.41) is 2.69. The number of benzene rings is 2. The number of rotatable bonds is 5. The molecule has 1 saturated heterocycles. The van der Waals surface area contributed by atoms with E-state index in [0.717, 1.165) is 12.1 Å². The molecular formula is C20H21F4N3O2. The number of ether oxygens (including phenoxy) is 1. The van der Waals surface area contributed by atoms with E-state index in [9.17, 15) is 22.4 Å². The number of halogens is 4. The number of nitrogens with zero attached hydrogens (tertiary/aromatic N) is 2. The summed E-state index contributed by atoms with van der Waals surface area (Å²) in [6.45, 7) is 4.10. The standard InChI is InChI=1S/C20H21F4N3O2/c1-14(19(28)25-15-6-8-16(9-7-15)29-20(22,23)24)26-10-12-27(13-11-26)18-5-3-2-4-17(18)21/h2-9,14H,10-13H2,1H3,(H,25,28). The summed E-state index contributed by atoms with van der Waals surface area (Å²) < 4.78 is 54.3. The largest absolute Gasteiger partial charge is 0.573 e. The highest BCUT2D eigenvalue weighted by atomic mass is 19.4. The molecule has 3 rings (SSSR count). The van der Waals surface area contributed by atoms with Gasteiger partial charge < -0.3 is 15.0 Å². The van der Waals surface area contributed by atoms with Crippen molar-refractivity contribution in [1.82, 2.24) is 4.90 Å². The third-order valence-corrected chi connectivity index (χ3v) is 4.79. The van der Waals surface area contributed by atoms with Crippen molar-refractivity contribution in [3.8, 4) is 5.75 Å². The number of amides is 1. The summed E-state index contributed by atoms with van der Waals surface area (Å²) in [4.78, 5) is 16.4. The Morgan fingerprint density at radius 3 is 2.24 bits per heavy atom. The minimum atomic E-state index is -4.76. The number of nitrogens with one attached hydrogen (secondary N) is 1. The Hall–Kier alpha value is -2.81. The van der Waals surface area contributed by atoms with Gasteiger partial charge in [-0.25, -0.2) is 4.39 Å². The summed E-state index contributed by atoms with van der Waals surface area (Å²) in [5.41, 5.74) is 0.923. The van der Waals surface area contributed by atoms with Crippen molar-refractivity contribution in [2.75, 3.05) is 36.4 Å². The lowest BCUT2D eigenvalue weighted by molar-refractivity contribution is -0.274. The van der Waals surface area contributed by atoms with Crippen LogP contribution < -0.4 is 15.0 Å². The summed E-state index contributed by atoms with van der Waals surface area (Å²) >= 11 is 0. The molecule has 0 aromatic heterocycles. The van der Waals surface area contributed by atoms with E-state index in [1.165, 1.54) is 18.2 Å². The van der Waals surface area contributed by atoms with Crippen LogP contribution in [0, 0.1) is 5.82 Å². The number of piperazine rings is 1. The van der Waals surface area contributed by atoms with Gasteiger partial charge in [-0.1, -0.05) is 12.1 Å². The molecule has 0 spiro atoms. The first kappa shape index (κ1) is 20.9. The molecule has 1 heterocycles. The molecule has 0 aliphatic carbocycles. The highest BCUT2D eigenvalue weighted by Gasteiger charge is 2.31. The Labute approximate surface area is 165 Å². The van der Waals surface area contributed by atoms with E-state index in [4.69, 9.17) is 0 Å². The Morgan fingerprint density at radius 1 is 1.03 bits per heavy atom. The predicted molar refractivity (Wildman–Crippen MR) is 101 cm³/mol. The van der Waals surface area contributed by atoms with Gasteiger partial charge in [-0.2, -0.15) is 0 Å². The van der Waals surface area contributed by atoms with Crippen molar-refractivity contribution in [1.29, 1.82) is 0 Å². The highest BCUT2D eigenvalue weighted by molar-refractivity contribution is 5.94. The van der Waals surface area contributed by atoms with E-state index in [1.807, 2.05) is 9.80 Å². The van der Waals surface area contributed by atoms with E-state index in [1.54, 1.807) is 25.1 Å². The van der Waals surface area contributed by atoms with Gasteiger partial charge in [-0.3, -0.25) is 9.69 Å². The van der Waals surface area contributed by atoms with E-state index < -0.39 is 12.4 Å². The highest BCUT2D eigenvalue weighted by Crippen LogP contribution is 2.24. The van der Waals surface area contributed by atoms with E-state index in [-0.39, 0.29) is 17.5 Å². The molecular weight excluding hydrogens is 390 g/mol. The maximum Gasteiger partial charge on any atom is 0.573 e. The first-order chi connectivity index (χ1) is 13.7. The van der Waals surface area contributed by atoms with Gasteiger partial charge >= 0.3 is 6.36 Å². The zero-order valence-electron chi connectivity index (χ0n) is 15.7. The quantitative estimate of drug-likeness (QED) is 0.759. The van der Waals surface area contributed by atoms with Crippen molar-refractivity contribution in [3.63, 3.8) is 0 Å². The summed E-state index contributed by atoms with van der Waals surface area (Å²) in [6, 6.07) is 11.1. The predicted octanol–water partition coefficient (Wildman–Crippen LogP) is 3.87. The van der Waals surface area contributed by atoms with Gasteiger partial charge in [-0.15, -0.1) is 13.2 Å². The second-order valence-electron chi connectivity index (χ2n) is 6.71. The van der Waals surface area contributed by atoms with Crippen LogP contribution in [-0.2, 0) is 4.79 Å². The van der Waals surface area contributed by atoms with Crippen LogP contribution >= 0.6 is 0 Å². The molecule has 1 aliphatic rings. The van der Waals surface area contributed by atoms with Crippen LogP contribution in [0.4, 0.5) is 28.9 Å². The molecule has 2 aromatic carbocycles. The Morgan fingerprint density at radius 2 is 1.66 bits per heavy atom. The molecule has 156 valence electrons. The number of anilines is 2. The molecule has 5 nitrogen and oxygen atoms in total. The van der Waals surface area contributed by atoms with Crippen LogP contribution in [0.25, 0.3) is 0 Å². The monoisotopic (exact) mass is 411 g/mol. The molecule has 9 heteroatoms. The van der Waals surface area contributed by atoms with Crippen LogP contribution in [0.15, 0.2) is 48.5 Å². The average molecular weight is 411 g/mol. The summed E-state index contributed by atoms with van der Waals surface area (Å²) in [5.74, 6) is -0.897. The SMILES string of the molecule is CC(C(=O)Nc1ccc(OC(F)(F)F)cc1)N1CCN(c2ccccc2F)CC1. The smallest absolute Gasteiger partial charge is 0.406 e. The zero-order valence-corrected chi connectivity index (χ0v) is 15.7. The second-order valence-corrected chi connectivity index (χ2v) is 6.71. The van der Waals surface area contributed by atoms with Crippen molar-refractivity contribution in [3.05, 3.63) is 54.3 Å². The fraction of sp³-hybridized carbons (Fsp3) is 0.350. The molecule has 1 fully saturated rings. The van der Waals surface area contributed by atoms with Crippen LogP contribution in [0.1, 0.15) is 6.92 Å². The number of carbonyl (C=O) groups excluding carboxylic acids is 1. The molecule has 1 unspecified atom stereocenters. The van der Waals surface area contributed by atoms with E-state index in [0.29, 0.717) is 37.6 Å². The molecule has 1 amide bonds. The normalized spacial score (nSPS) is 16.4. The van der Waals surface area contributed by atoms with Gasteiger partial charge in [0.05, 0.1) is 11.7 Å². The van der Waals surface area contributed by atoms with Gasteiger partial charge in [0.25, 0.3) is 0 Å². The number of para-hydroxylation sites is 1. The first-order valence-electron chi connectivity index (χ1n) is 9.13. The Bertz CT molecular complexity index is 834. The Balaban J connectivity index is 1.52. The molecule has 1 N–H and O–H groups in total. The average Bonchev–Trinajstić information content (AvgIpc) is 2.68. The lowest BCUT2D eigenvalue weighted by Gasteiger charge is -2.38. The molecule has 2 aromatic rings. The van der Waals surface area contributed by atoms with Gasteiger partial charge in [0, 0.05) is 31.9 Å². The van der Waals surface area contributed by atoms with Gasteiger partial charge in [0.15, 0.2) is 0 Å². The second kappa shape index (κ2) is 8.69. The van der Waals surface area contributed by atoms with Crippen LogP contribution in [0.2, 0.25) is 0 Å². The van der Waals surface area contributed by atoms with Crippen molar-refractivity contribution in [2.24, 2.45) is 0 Å². The molecule has 0 radical (unpaired) electrons. The molecule has 1 atom stereocenters. The molecule has 29 heavy (non-hydrogen) atoms. The third kappa shape index (κ3) is 5.60. The topological polar surface area (TPSA) is 44.8 Å². The molecule has 0 saturated carbocycles. The van der Waals surface area contributed by atoms with E-state index in [2.05, 4.69) is 10.1 Å². The minimum Gasteiger partial charge on any atom is -0.406 e. The fourth-order valence-corrected chi connectivity index (χ4v) is 3.21. The number of carbonyl (C=O) groups is 1. The fourth-order valence-electron chi connectivity index (χ4n) is 3.21. The lowest BCUT2D eigenvalue weighted by atomic mass is 10.2. The third-order valence-electron chi connectivity index (χ3n) is 4.79. The van der Waals surface area contributed by atoms with Crippen molar-refractivity contribution < 1.29 is 27.1 Å². The molecule has 0 bridgehead atoms. The summed E-state index contributed by atoms with van der Waals surface area (Å²) in [7, 11) is 0. The van der Waals surface area contributed by atoms with Crippen molar-refractivity contribution >= 4 is 17.3 Å². The number of alkyl halides is 3. The minimum absolute atomic E-state index is 0.270. The van der Waals surface area contributed by atoms with Crippen LogP contribution in [0.5, 0.6) is 5.75 Å².